The minimum atomic E-state index is -0.296. The normalized spacial score (nSPS) is 12.0. The molecule has 3 aromatic rings. The molecular weight excluding hydrogens is 396 g/mol. The largest absolute Gasteiger partial charge is 0.459 e. The molecule has 5 nitrogen and oxygen atoms in total. The van der Waals surface area contributed by atoms with E-state index in [0.717, 1.165) is 11.0 Å². The number of carbonyl (C=O) groups is 2. The lowest BCUT2D eigenvalue weighted by Gasteiger charge is -2.23. The SMILES string of the molecule is C[C@H](c1cc2ccccc2o1)N(C)C(=O)CNC(=O)c1ccccc1Br. The van der Waals surface area contributed by atoms with Gasteiger partial charge in [-0.2, -0.15) is 0 Å². The van der Waals surface area contributed by atoms with Crippen molar-refractivity contribution in [2.45, 2.75) is 13.0 Å². The number of likely N-dealkylation sites (N-methyl/N-ethyl adjacent to an activating group) is 1. The molecule has 0 spiro atoms. The number of fused-ring (bicyclic) bond motifs is 1. The zero-order chi connectivity index (χ0) is 18.7. The van der Waals surface area contributed by atoms with Gasteiger partial charge in [-0.05, 0) is 47.1 Å². The summed E-state index contributed by atoms with van der Waals surface area (Å²) >= 11 is 3.33. The van der Waals surface area contributed by atoms with Crippen molar-refractivity contribution in [1.29, 1.82) is 0 Å². The van der Waals surface area contributed by atoms with Gasteiger partial charge in [0, 0.05) is 16.9 Å². The van der Waals surface area contributed by atoms with E-state index in [-0.39, 0.29) is 24.4 Å². The first-order chi connectivity index (χ1) is 12.5. The van der Waals surface area contributed by atoms with E-state index in [1.807, 2.05) is 43.3 Å². The maximum atomic E-state index is 12.5. The first-order valence-corrected chi connectivity index (χ1v) is 9.03. The van der Waals surface area contributed by atoms with Gasteiger partial charge >= 0.3 is 0 Å². The Kier molecular flexibility index (Phi) is 5.42. The highest BCUT2D eigenvalue weighted by atomic mass is 79.9. The van der Waals surface area contributed by atoms with Crippen LogP contribution >= 0.6 is 15.9 Å². The van der Waals surface area contributed by atoms with Gasteiger partial charge in [-0.15, -0.1) is 0 Å². The quantitative estimate of drug-likeness (QED) is 0.681. The van der Waals surface area contributed by atoms with E-state index in [4.69, 9.17) is 4.42 Å². The third-order valence-electron chi connectivity index (χ3n) is 4.35. The van der Waals surface area contributed by atoms with E-state index in [1.165, 1.54) is 0 Å². The Bertz CT molecular complexity index is 918. The van der Waals surface area contributed by atoms with Gasteiger partial charge in [0.25, 0.3) is 5.91 Å². The summed E-state index contributed by atoms with van der Waals surface area (Å²) in [5, 5.41) is 3.66. The van der Waals surface area contributed by atoms with E-state index in [2.05, 4.69) is 21.2 Å². The second kappa shape index (κ2) is 7.74. The molecule has 0 aliphatic rings. The third kappa shape index (κ3) is 3.80. The fourth-order valence-electron chi connectivity index (χ4n) is 2.64. The van der Waals surface area contributed by atoms with Gasteiger partial charge in [0.1, 0.15) is 11.3 Å². The number of benzene rings is 2. The van der Waals surface area contributed by atoms with Crippen LogP contribution in [0.4, 0.5) is 0 Å². The smallest absolute Gasteiger partial charge is 0.252 e. The Morgan fingerprint density at radius 1 is 1.15 bits per heavy atom. The predicted octanol–water partition coefficient (Wildman–Crippen LogP) is 4.14. The lowest BCUT2D eigenvalue weighted by Crippen LogP contribution is -2.39. The highest BCUT2D eigenvalue weighted by molar-refractivity contribution is 9.10. The molecule has 0 saturated heterocycles. The molecule has 3 rings (SSSR count). The van der Waals surface area contributed by atoms with E-state index in [1.54, 1.807) is 30.1 Å². The number of hydrogen-bond donors (Lipinski definition) is 1. The zero-order valence-electron chi connectivity index (χ0n) is 14.5. The van der Waals surface area contributed by atoms with Crippen molar-refractivity contribution < 1.29 is 14.0 Å². The van der Waals surface area contributed by atoms with Crippen LogP contribution in [0.15, 0.2) is 63.5 Å². The van der Waals surface area contributed by atoms with Crippen LogP contribution in [-0.4, -0.2) is 30.3 Å². The summed E-state index contributed by atoms with van der Waals surface area (Å²) in [6, 6.07) is 16.5. The number of rotatable bonds is 5. The standard InChI is InChI=1S/C20H19BrN2O3/c1-13(18-11-14-7-3-6-10-17(14)26-18)23(2)19(24)12-22-20(25)15-8-4-5-9-16(15)21/h3-11,13H,12H2,1-2H3,(H,22,25)/t13-/m1/s1. The summed E-state index contributed by atoms with van der Waals surface area (Å²) in [4.78, 5) is 26.2. The number of para-hydroxylation sites is 1. The van der Waals surface area contributed by atoms with Crippen molar-refractivity contribution in [2.75, 3.05) is 13.6 Å². The minimum Gasteiger partial charge on any atom is -0.459 e. The molecule has 2 aromatic carbocycles. The average Bonchev–Trinajstić information content (AvgIpc) is 3.09. The molecule has 6 heteroatoms. The first-order valence-electron chi connectivity index (χ1n) is 8.24. The molecule has 0 saturated carbocycles. The molecule has 0 unspecified atom stereocenters. The number of nitrogens with one attached hydrogen (secondary N) is 1. The topological polar surface area (TPSA) is 62.6 Å². The Morgan fingerprint density at radius 3 is 2.58 bits per heavy atom. The first kappa shape index (κ1) is 18.2. The predicted molar refractivity (Wildman–Crippen MR) is 104 cm³/mol. The molecule has 0 aliphatic carbocycles. The number of hydrogen-bond acceptors (Lipinski definition) is 3. The van der Waals surface area contributed by atoms with Crippen LogP contribution in [-0.2, 0) is 4.79 Å². The number of amides is 2. The van der Waals surface area contributed by atoms with Gasteiger partial charge in [-0.25, -0.2) is 0 Å². The van der Waals surface area contributed by atoms with Gasteiger partial charge in [0.05, 0.1) is 18.2 Å². The summed E-state index contributed by atoms with van der Waals surface area (Å²) in [6.45, 7) is 1.81. The van der Waals surface area contributed by atoms with Gasteiger partial charge < -0.3 is 14.6 Å². The van der Waals surface area contributed by atoms with Crippen LogP contribution < -0.4 is 5.32 Å². The molecule has 0 aliphatic heterocycles. The Labute approximate surface area is 160 Å². The minimum absolute atomic E-state index is 0.0821. The van der Waals surface area contributed by atoms with Crippen LogP contribution in [0.5, 0.6) is 0 Å². The van der Waals surface area contributed by atoms with Gasteiger partial charge in [0.15, 0.2) is 0 Å². The summed E-state index contributed by atoms with van der Waals surface area (Å²) < 4.78 is 6.51. The van der Waals surface area contributed by atoms with Gasteiger partial charge in [0.2, 0.25) is 5.91 Å². The summed E-state index contributed by atoms with van der Waals surface area (Å²) in [6.07, 6.45) is 0. The number of nitrogens with zero attached hydrogens (tertiary/aromatic N) is 1. The Morgan fingerprint density at radius 2 is 1.85 bits per heavy atom. The fourth-order valence-corrected chi connectivity index (χ4v) is 3.10. The molecule has 2 amide bonds. The van der Waals surface area contributed by atoms with Crippen molar-refractivity contribution in [3.05, 3.63) is 70.4 Å². The van der Waals surface area contributed by atoms with Crippen molar-refractivity contribution in [1.82, 2.24) is 10.2 Å². The van der Waals surface area contributed by atoms with Crippen molar-refractivity contribution in [3.8, 4) is 0 Å². The van der Waals surface area contributed by atoms with E-state index in [9.17, 15) is 9.59 Å². The highest BCUT2D eigenvalue weighted by Crippen LogP contribution is 2.26. The Hall–Kier alpha value is -2.60. The number of furan rings is 1. The summed E-state index contributed by atoms with van der Waals surface area (Å²) in [7, 11) is 1.70. The van der Waals surface area contributed by atoms with E-state index < -0.39 is 0 Å². The monoisotopic (exact) mass is 414 g/mol. The molecule has 0 bridgehead atoms. The number of halogens is 1. The fraction of sp³-hybridized carbons (Fsp3) is 0.200. The molecule has 1 heterocycles. The molecular formula is C20H19BrN2O3. The molecule has 0 fully saturated rings. The van der Waals surface area contributed by atoms with Crippen molar-refractivity contribution in [3.63, 3.8) is 0 Å². The van der Waals surface area contributed by atoms with Gasteiger partial charge in [-0.1, -0.05) is 30.3 Å². The van der Waals surface area contributed by atoms with Crippen LogP contribution in [0.3, 0.4) is 0 Å². The molecule has 134 valence electrons. The van der Waals surface area contributed by atoms with Crippen molar-refractivity contribution in [2.24, 2.45) is 0 Å². The zero-order valence-corrected chi connectivity index (χ0v) is 16.1. The van der Waals surface area contributed by atoms with E-state index in [0.29, 0.717) is 15.8 Å². The molecule has 1 aromatic heterocycles. The molecule has 1 atom stereocenters. The second-order valence-electron chi connectivity index (χ2n) is 6.03. The molecule has 0 radical (unpaired) electrons. The Balaban J connectivity index is 1.63. The lowest BCUT2D eigenvalue weighted by atomic mass is 10.2. The second-order valence-corrected chi connectivity index (χ2v) is 6.88. The van der Waals surface area contributed by atoms with Crippen LogP contribution in [0.2, 0.25) is 0 Å². The highest BCUT2D eigenvalue weighted by Gasteiger charge is 2.21. The average molecular weight is 415 g/mol. The third-order valence-corrected chi connectivity index (χ3v) is 5.04. The maximum Gasteiger partial charge on any atom is 0.252 e. The maximum absolute atomic E-state index is 12.5. The molecule has 26 heavy (non-hydrogen) atoms. The number of carbonyl (C=O) groups excluding carboxylic acids is 2. The van der Waals surface area contributed by atoms with Crippen molar-refractivity contribution >= 4 is 38.7 Å². The van der Waals surface area contributed by atoms with Crippen LogP contribution in [0, 0.1) is 0 Å². The lowest BCUT2D eigenvalue weighted by molar-refractivity contribution is -0.131. The van der Waals surface area contributed by atoms with Gasteiger partial charge in [-0.3, -0.25) is 9.59 Å². The summed E-state index contributed by atoms with van der Waals surface area (Å²) in [5.74, 6) is 0.216. The summed E-state index contributed by atoms with van der Waals surface area (Å²) in [5.41, 5.74) is 1.28. The van der Waals surface area contributed by atoms with E-state index >= 15 is 0 Å². The van der Waals surface area contributed by atoms with Crippen LogP contribution in [0.1, 0.15) is 29.1 Å². The van der Waals surface area contributed by atoms with Crippen LogP contribution in [0.25, 0.3) is 11.0 Å². The molecule has 1 N–H and O–H groups in total.